The summed E-state index contributed by atoms with van der Waals surface area (Å²) in [5.41, 5.74) is 3.37. The van der Waals surface area contributed by atoms with Crippen molar-refractivity contribution in [3.63, 3.8) is 0 Å². The van der Waals surface area contributed by atoms with Crippen LogP contribution in [-0.2, 0) is 14.3 Å². The number of hydrogen-bond donors (Lipinski definition) is 2. The monoisotopic (exact) mass is 436 g/mol. The molecule has 0 aliphatic heterocycles. The van der Waals surface area contributed by atoms with Gasteiger partial charge in [-0.1, -0.05) is 48.5 Å². The van der Waals surface area contributed by atoms with Gasteiger partial charge < -0.3 is 20.1 Å². The largest absolute Gasteiger partial charge is 0.480 e. The first-order valence-corrected chi connectivity index (χ1v) is 10.8. The van der Waals surface area contributed by atoms with Gasteiger partial charge in [-0.25, -0.2) is 9.59 Å². The maximum atomic E-state index is 12.6. The highest BCUT2D eigenvalue weighted by molar-refractivity contribution is 5.88. The lowest BCUT2D eigenvalue weighted by atomic mass is 9.98. The van der Waals surface area contributed by atoms with E-state index in [1.807, 2.05) is 24.3 Å². The van der Waals surface area contributed by atoms with Crippen molar-refractivity contribution in [3.05, 3.63) is 59.7 Å². The molecule has 7 nitrogen and oxygen atoms in total. The number of carbonyl (C=O) groups excluding carboxylic acids is 2. The summed E-state index contributed by atoms with van der Waals surface area (Å²) in [7, 11) is 1.50. The number of alkyl carbamates (subject to hydrolysis) is 1. The van der Waals surface area contributed by atoms with E-state index in [2.05, 4.69) is 29.6 Å². The Morgan fingerprint density at radius 2 is 1.62 bits per heavy atom. The summed E-state index contributed by atoms with van der Waals surface area (Å²) < 4.78 is 5.52. The van der Waals surface area contributed by atoms with Gasteiger partial charge in [0.2, 0.25) is 5.91 Å². The summed E-state index contributed by atoms with van der Waals surface area (Å²) in [6.07, 6.45) is 0.117. The summed E-state index contributed by atoms with van der Waals surface area (Å²) in [5.74, 6) is -1.54. The fraction of sp³-hybridized carbons (Fsp3) is 0.400. The molecule has 32 heavy (non-hydrogen) atoms. The van der Waals surface area contributed by atoms with Crippen LogP contribution >= 0.6 is 0 Å². The Balaban J connectivity index is 1.28. The summed E-state index contributed by atoms with van der Waals surface area (Å²) in [6.45, 7) is 3.57. The number of aliphatic carboxylic acids is 1. The standard InChI is InChI=1S/C25H28N2O5/c1-25(2,23(29)30)27(3)22(28)20-12-15(20)13-26-24(31)32-14-21-18-10-6-4-8-16(18)17-9-5-7-11-19(17)21/h4-11,15,20-21H,12-14H2,1-3H3,(H,26,31)(H,29,30). The van der Waals surface area contributed by atoms with Crippen LogP contribution < -0.4 is 5.32 Å². The fourth-order valence-electron chi connectivity index (χ4n) is 4.31. The molecule has 0 aromatic heterocycles. The third-order valence-electron chi connectivity index (χ3n) is 6.78. The number of hydrogen-bond acceptors (Lipinski definition) is 4. The van der Waals surface area contributed by atoms with Crippen molar-refractivity contribution in [1.29, 1.82) is 0 Å². The van der Waals surface area contributed by atoms with Gasteiger partial charge in [0.05, 0.1) is 0 Å². The molecule has 2 atom stereocenters. The van der Waals surface area contributed by atoms with Gasteiger partial charge in [0.25, 0.3) is 0 Å². The molecule has 2 N–H and O–H groups in total. The van der Waals surface area contributed by atoms with E-state index >= 15 is 0 Å². The molecule has 0 radical (unpaired) electrons. The molecular formula is C25H28N2O5. The first kappa shape index (κ1) is 21.9. The van der Waals surface area contributed by atoms with Crippen LogP contribution in [0.4, 0.5) is 4.79 Å². The van der Waals surface area contributed by atoms with E-state index < -0.39 is 17.6 Å². The van der Waals surface area contributed by atoms with Crippen molar-refractivity contribution in [2.24, 2.45) is 11.8 Å². The second kappa shape index (κ2) is 8.30. The Labute approximate surface area is 187 Å². The number of amides is 2. The molecule has 2 amide bonds. The Morgan fingerprint density at radius 3 is 2.19 bits per heavy atom. The van der Waals surface area contributed by atoms with Crippen LogP contribution in [0.25, 0.3) is 11.1 Å². The van der Waals surface area contributed by atoms with Crippen LogP contribution in [0.5, 0.6) is 0 Å². The van der Waals surface area contributed by atoms with Gasteiger partial charge in [-0.05, 0) is 48.4 Å². The summed E-state index contributed by atoms with van der Waals surface area (Å²) >= 11 is 0. The summed E-state index contributed by atoms with van der Waals surface area (Å²) in [5, 5.41) is 12.1. The second-order valence-electron chi connectivity index (χ2n) is 9.07. The average molecular weight is 437 g/mol. The zero-order chi connectivity index (χ0) is 23.0. The minimum absolute atomic E-state index is 0.00435. The van der Waals surface area contributed by atoms with Gasteiger partial charge in [0.15, 0.2) is 0 Å². The number of rotatable bonds is 7. The molecule has 1 saturated carbocycles. The number of fused-ring (bicyclic) bond motifs is 3. The molecule has 2 aliphatic carbocycles. The predicted octanol–water partition coefficient (Wildman–Crippen LogP) is 3.48. The Bertz CT molecular complexity index is 1020. The molecule has 7 heteroatoms. The van der Waals surface area contributed by atoms with Gasteiger partial charge >= 0.3 is 12.1 Å². The molecule has 4 rings (SSSR count). The SMILES string of the molecule is CN(C(=O)C1CC1CNC(=O)OCC1c2ccccc2-c2ccccc21)C(C)(C)C(=O)O. The molecule has 1 fully saturated rings. The van der Waals surface area contributed by atoms with Crippen molar-refractivity contribution in [2.45, 2.75) is 31.7 Å². The molecule has 0 heterocycles. The van der Waals surface area contributed by atoms with Crippen molar-refractivity contribution >= 4 is 18.0 Å². The average Bonchev–Trinajstić information content (AvgIpc) is 3.50. The molecule has 168 valence electrons. The Kier molecular flexibility index (Phi) is 5.67. The number of carboxylic acid groups (broad SMARTS) is 1. The van der Waals surface area contributed by atoms with Crippen molar-refractivity contribution in [1.82, 2.24) is 10.2 Å². The first-order valence-electron chi connectivity index (χ1n) is 10.8. The zero-order valence-corrected chi connectivity index (χ0v) is 18.5. The van der Waals surface area contributed by atoms with Gasteiger partial charge in [0.1, 0.15) is 12.1 Å². The molecule has 2 unspecified atom stereocenters. The number of nitrogens with zero attached hydrogens (tertiary/aromatic N) is 1. The van der Waals surface area contributed by atoms with Crippen LogP contribution in [0.2, 0.25) is 0 Å². The van der Waals surface area contributed by atoms with Crippen molar-refractivity contribution in [2.75, 3.05) is 20.2 Å². The third kappa shape index (κ3) is 3.95. The van der Waals surface area contributed by atoms with E-state index in [1.165, 1.54) is 36.9 Å². The number of likely N-dealkylation sites (N-methyl/N-ethyl adjacent to an activating group) is 1. The minimum atomic E-state index is -1.27. The van der Waals surface area contributed by atoms with E-state index in [0.717, 1.165) is 11.1 Å². The Morgan fingerprint density at radius 1 is 1.06 bits per heavy atom. The smallest absolute Gasteiger partial charge is 0.407 e. The van der Waals surface area contributed by atoms with Crippen LogP contribution in [0.1, 0.15) is 37.3 Å². The topological polar surface area (TPSA) is 95.9 Å². The first-order chi connectivity index (χ1) is 15.2. The number of ether oxygens (including phenoxy) is 1. The van der Waals surface area contributed by atoms with E-state index in [1.54, 1.807) is 0 Å². The van der Waals surface area contributed by atoms with Gasteiger partial charge in [0, 0.05) is 25.4 Å². The third-order valence-corrected chi connectivity index (χ3v) is 6.78. The lowest BCUT2D eigenvalue weighted by Crippen LogP contribution is -2.51. The quantitative estimate of drug-likeness (QED) is 0.693. The molecule has 2 aliphatic rings. The molecule has 0 bridgehead atoms. The highest BCUT2D eigenvalue weighted by Crippen LogP contribution is 2.44. The van der Waals surface area contributed by atoms with Crippen LogP contribution in [0, 0.1) is 11.8 Å². The summed E-state index contributed by atoms with van der Waals surface area (Å²) in [6, 6.07) is 16.3. The predicted molar refractivity (Wildman–Crippen MR) is 119 cm³/mol. The lowest BCUT2D eigenvalue weighted by Gasteiger charge is -2.31. The second-order valence-corrected chi connectivity index (χ2v) is 9.07. The van der Waals surface area contributed by atoms with Crippen LogP contribution in [0.3, 0.4) is 0 Å². The van der Waals surface area contributed by atoms with Gasteiger partial charge in [-0.15, -0.1) is 0 Å². The summed E-state index contributed by atoms with van der Waals surface area (Å²) in [4.78, 5) is 37.5. The number of benzene rings is 2. The highest BCUT2D eigenvalue weighted by Gasteiger charge is 2.48. The van der Waals surface area contributed by atoms with Crippen molar-refractivity contribution in [3.8, 4) is 11.1 Å². The molecule has 0 spiro atoms. The van der Waals surface area contributed by atoms with E-state index in [9.17, 15) is 19.5 Å². The Hall–Kier alpha value is -3.35. The molecule has 2 aromatic carbocycles. The minimum Gasteiger partial charge on any atom is -0.480 e. The van der Waals surface area contributed by atoms with Gasteiger partial charge in [-0.2, -0.15) is 0 Å². The van der Waals surface area contributed by atoms with Crippen LogP contribution in [-0.4, -0.2) is 53.7 Å². The van der Waals surface area contributed by atoms with Crippen LogP contribution in [0.15, 0.2) is 48.5 Å². The zero-order valence-electron chi connectivity index (χ0n) is 18.5. The maximum Gasteiger partial charge on any atom is 0.407 e. The van der Waals surface area contributed by atoms with E-state index in [0.29, 0.717) is 13.0 Å². The maximum absolute atomic E-state index is 12.6. The van der Waals surface area contributed by atoms with Gasteiger partial charge in [-0.3, -0.25) is 4.79 Å². The van der Waals surface area contributed by atoms with E-state index in [4.69, 9.17) is 4.74 Å². The molecule has 2 aromatic rings. The number of nitrogens with one attached hydrogen (secondary N) is 1. The molecule has 0 saturated heterocycles. The normalized spacial score (nSPS) is 19.0. The number of carboxylic acids is 1. The fourth-order valence-corrected chi connectivity index (χ4v) is 4.31. The highest BCUT2D eigenvalue weighted by atomic mass is 16.5. The van der Waals surface area contributed by atoms with E-state index in [-0.39, 0.29) is 30.3 Å². The van der Waals surface area contributed by atoms with Crippen molar-refractivity contribution < 1.29 is 24.2 Å². The number of carbonyl (C=O) groups is 3. The lowest BCUT2D eigenvalue weighted by molar-refractivity contribution is -0.155. The molecular weight excluding hydrogens is 408 g/mol.